The SMILES string of the molecule is CC[PH+](C)CC.CC[PH+](C)CC.CC[PH+](CC)CNCC(=O)NCCN1C(=O)CCC1=O.CC[PH+](CC)CNCC(=O)NCCN1C(=O)C[C@@H](S)C1=O.[Rh]. The molecule has 2 saturated heterocycles. The number of hydrogen-bond donors (Lipinski definition) is 5. The third kappa shape index (κ3) is 28.3. The van der Waals surface area contributed by atoms with Gasteiger partial charge in [-0.3, -0.25) is 49.2 Å². The van der Waals surface area contributed by atoms with Crippen molar-refractivity contribution < 1.29 is 48.2 Å². The van der Waals surface area contributed by atoms with E-state index in [4.69, 9.17) is 0 Å². The number of hydrogen-bond acceptors (Lipinski definition) is 9. The van der Waals surface area contributed by atoms with Crippen molar-refractivity contribution in [3.63, 3.8) is 0 Å². The molecule has 0 aromatic heterocycles. The molecular formula is C36H78N6O6P4RhS+4. The Bertz CT molecular complexity index is 1030. The summed E-state index contributed by atoms with van der Waals surface area (Å²) in [7, 11) is -0.461. The number of likely N-dealkylation sites (tertiary alicyclic amines) is 2. The summed E-state index contributed by atoms with van der Waals surface area (Å²) in [5.74, 6) is -0.955. The van der Waals surface area contributed by atoms with Crippen LogP contribution >= 0.6 is 44.3 Å². The first-order valence-electron chi connectivity index (χ1n) is 19.8. The normalized spacial score (nSPS) is 15.1. The first-order valence-corrected chi connectivity index (χ1v) is 29.4. The molecule has 0 saturated carbocycles. The summed E-state index contributed by atoms with van der Waals surface area (Å²) in [6.07, 6.45) is 13.1. The van der Waals surface area contributed by atoms with Gasteiger partial charge in [0.15, 0.2) is 0 Å². The maximum atomic E-state index is 11.6. The largest absolute Gasteiger partial charge is 0.353 e. The van der Waals surface area contributed by atoms with Crippen molar-refractivity contribution in [3.8, 4) is 0 Å². The Morgan fingerprint density at radius 3 is 1.24 bits per heavy atom. The molecule has 12 nitrogen and oxygen atoms in total. The van der Waals surface area contributed by atoms with Crippen LogP contribution in [0.1, 0.15) is 74.7 Å². The molecule has 1 atom stereocenters. The minimum atomic E-state index is -0.529. The van der Waals surface area contributed by atoms with E-state index in [0.717, 1.165) is 12.6 Å². The smallest absolute Gasteiger partial charge is 0.242 e. The summed E-state index contributed by atoms with van der Waals surface area (Å²) < 4.78 is 0. The van der Waals surface area contributed by atoms with E-state index in [2.05, 4.69) is 103 Å². The zero-order chi connectivity index (χ0) is 40.8. The molecule has 54 heavy (non-hydrogen) atoms. The molecular weight excluding hydrogens is 871 g/mol. The molecule has 2 rings (SSSR count). The molecule has 18 heteroatoms. The predicted octanol–water partition coefficient (Wildman–Crippen LogP) is 3.75. The number of carbonyl (C=O) groups excluding carboxylic acids is 6. The van der Waals surface area contributed by atoms with Crippen molar-refractivity contribution in [2.24, 2.45) is 0 Å². The van der Waals surface area contributed by atoms with Crippen LogP contribution in [0.15, 0.2) is 0 Å². The first-order chi connectivity index (χ1) is 25.2. The van der Waals surface area contributed by atoms with Gasteiger partial charge in [-0.05, 0) is 71.2 Å². The van der Waals surface area contributed by atoms with Gasteiger partial charge in [-0.1, -0.05) is 0 Å². The van der Waals surface area contributed by atoms with E-state index < -0.39 is 5.25 Å². The molecule has 0 unspecified atom stereocenters. The van der Waals surface area contributed by atoms with Crippen LogP contribution in [-0.4, -0.2) is 165 Å². The molecule has 0 spiro atoms. The molecule has 4 N–H and O–H groups in total. The molecule has 0 aromatic carbocycles. The van der Waals surface area contributed by atoms with Crippen molar-refractivity contribution in [3.05, 3.63) is 0 Å². The third-order valence-corrected chi connectivity index (χ3v) is 20.2. The Morgan fingerprint density at radius 1 is 0.611 bits per heavy atom. The van der Waals surface area contributed by atoms with E-state index >= 15 is 0 Å². The molecule has 0 bridgehead atoms. The number of carbonyl (C=O) groups is 6. The van der Waals surface area contributed by atoms with Crippen LogP contribution < -0.4 is 21.3 Å². The zero-order valence-electron chi connectivity index (χ0n) is 35.1. The van der Waals surface area contributed by atoms with Gasteiger partial charge in [0.05, 0.1) is 67.6 Å². The first kappa shape index (κ1) is 58.2. The van der Waals surface area contributed by atoms with Crippen LogP contribution in [0.2, 0.25) is 0 Å². The van der Waals surface area contributed by atoms with Gasteiger partial charge in [-0.25, -0.2) is 0 Å². The Hall–Kier alpha value is -0.167. The van der Waals surface area contributed by atoms with Crippen LogP contribution in [-0.2, 0) is 48.2 Å². The Labute approximate surface area is 351 Å². The summed E-state index contributed by atoms with van der Waals surface area (Å²) >= 11 is 4.05. The van der Waals surface area contributed by atoms with Crippen LogP contribution in [0.25, 0.3) is 0 Å². The second-order valence-electron chi connectivity index (χ2n) is 13.2. The minimum Gasteiger partial charge on any atom is -0.353 e. The van der Waals surface area contributed by atoms with Gasteiger partial charge < -0.3 is 10.6 Å². The fourth-order valence-corrected chi connectivity index (χ4v) is 8.97. The third-order valence-electron chi connectivity index (χ3n) is 9.43. The average molecular weight is 950 g/mol. The van der Waals surface area contributed by atoms with E-state index in [9.17, 15) is 28.8 Å². The molecule has 2 heterocycles. The quantitative estimate of drug-likeness (QED) is 0.0476. The molecule has 319 valence electrons. The van der Waals surface area contributed by atoms with Gasteiger partial charge in [0.1, 0.15) is 12.6 Å². The molecule has 1 radical (unpaired) electrons. The van der Waals surface area contributed by atoms with Crippen LogP contribution in [0.3, 0.4) is 0 Å². The molecule has 2 aliphatic heterocycles. The molecule has 0 aromatic rings. The molecule has 2 aliphatic rings. The number of amides is 6. The van der Waals surface area contributed by atoms with E-state index in [-0.39, 0.29) is 119 Å². The molecule has 2 fully saturated rings. The monoisotopic (exact) mass is 949 g/mol. The van der Waals surface area contributed by atoms with Crippen LogP contribution in [0.4, 0.5) is 0 Å². The standard InChI is InChI=1S/C13H24N3O3PS.C13H24N3O3P.2C5H13P.Rh/c1-3-20(4-2)9-14-8-11(17)15-5-6-16-12(18)7-10(21)13(16)19;1-3-20(4-2)10-14-9-11(17)15-7-8-16-12(18)5-6-13(16)19;2*1-4-6(3)5-2;/h10,14,21H,3-9H2,1-2H3,(H,15,17);14H,3-10H2,1-2H3,(H,15,17);2*4-5H2,1-3H3;/p+4/t10-;;;;/m1..../s1. The summed E-state index contributed by atoms with van der Waals surface area (Å²) in [6.45, 7) is 24.3. The van der Waals surface area contributed by atoms with Gasteiger partial charge in [0.25, 0.3) is 0 Å². The fraction of sp³-hybridized carbons (Fsp3) is 0.833. The maximum absolute atomic E-state index is 11.6. The van der Waals surface area contributed by atoms with Gasteiger partial charge >= 0.3 is 0 Å². The summed E-state index contributed by atoms with van der Waals surface area (Å²) in [6, 6.07) is 0. The summed E-state index contributed by atoms with van der Waals surface area (Å²) in [5, 5.41) is 11.2. The van der Waals surface area contributed by atoms with E-state index in [1.54, 1.807) is 0 Å². The van der Waals surface area contributed by atoms with Gasteiger partial charge in [0.2, 0.25) is 35.4 Å². The second-order valence-corrected chi connectivity index (χ2v) is 27.0. The summed E-state index contributed by atoms with van der Waals surface area (Å²) in [5.41, 5.74) is 0. The number of imide groups is 2. The van der Waals surface area contributed by atoms with Gasteiger partial charge in [0, 0.05) is 94.1 Å². The number of thiol groups is 1. The Kier molecular flexibility index (Phi) is 40.0. The second kappa shape index (κ2) is 37.1. The van der Waals surface area contributed by atoms with E-state index in [0.29, 0.717) is 25.9 Å². The topological polar surface area (TPSA) is 157 Å². The number of rotatable bonds is 22. The predicted molar refractivity (Wildman–Crippen MR) is 241 cm³/mol. The fourth-order valence-electron chi connectivity index (χ4n) is 4.72. The van der Waals surface area contributed by atoms with Crippen molar-refractivity contribution in [1.29, 1.82) is 0 Å². The van der Waals surface area contributed by atoms with Crippen LogP contribution in [0.5, 0.6) is 0 Å². The van der Waals surface area contributed by atoms with Crippen molar-refractivity contribution in [1.82, 2.24) is 31.1 Å². The minimum absolute atomic E-state index is 0. The summed E-state index contributed by atoms with van der Waals surface area (Å²) in [4.78, 5) is 71.5. The van der Waals surface area contributed by atoms with Crippen molar-refractivity contribution >= 4 is 79.8 Å². The van der Waals surface area contributed by atoms with Crippen molar-refractivity contribution in [2.75, 3.05) is 114 Å². The van der Waals surface area contributed by atoms with Gasteiger partial charge in [-0.2, -0.15) is 12.6 Å². The van der Waals surface area contributed by atoms with Crippen LogP contribution in [0, 0.1) is 0 Å². The average Bonchev–Trinajstić information content (AvgIpc) is 3.61. The van der Waals surface area contributed by atoms with E-state index in [1.807, 2.05) is 0 Å². The number of nitrogens with one attached hydrogen (secondary N) is 4. The molecule has 0 aliphatic carbocycles. The van der Waals surface area contributed by atoms with E-state index in [1.165, 1.54) is 59.1 Å². The zero-order valence-corrected chi connectivity index (χ0v) is 41.7. The molecule has 6 amide bonds. The Balaban J connectivity index is -0.000000731. The van der Waals surface area contributed by atoms with Gasteiger partial charge in [-0.15, -0.1) is 0 Å². The maximum Gasteiger partial charge on any atom is 0.242 e. The number of nitrogens with zero attached hydrogens (tertiary/aromatic N) is 2. The Morgan fingerprint density at radius 2 is 0.963 bits per heavy atom. The van der Waals surface area contributed by atoms with Crippen molar-refractivity contribution in [2.45, 2.75) is 79.9 Å².